The molecule has 0 radical (unpaired) electrons. The van der Waals surface area contributed by atoms with Crippen molar-refractivity contribution in [3.8, 4) is 16.3 Å². The molecule has 0 amide bonds. The summed E-state index contributed by atoms with van der Waals surface area (Å²) >= 11 is 7.70. The molecule has 0 atom stereocenters. The van der Waals surface area contributed by atoms with Gasteiger partial charge in [0.2, 0.25) is 0 Å². The number of thiophene rings is 1. The highest BCUT2D eigenvalue weighted by Gasteiger charge is 2.17. The highest BCUT2D eigenvalue weighted by molar-refractivity contribution is 7.13. The molecule has 1 N–H and O–H groups in total. The van der Waals surface area contributed by atoms with E-state index in [9.17, 15) is 4.79 Å². The van der Waals surface area contributed by atoms with Crippen LogP contribution in [0.2, 0.25) is 5.02 Å². The molecule has 100 valence electrons. The van der Waals surface area contributed by atoms with Crippen LogP contribution < -0.4 is 0 Å². The molecule has 0 saturated carbocycles. The van der Waals surface area contributed by atoms with Gasteiger partial charge in [-0.2, -0.15) is 5.10 Å². The molecule has 0 bridgehead atoms. The van der Waals surface area contributed by atoms with E-state index < -0.39 is 5.97 Å². The lowest BCUT2D eigenvalue weighted by Crippen LogP contribution is -2.02. The molecule has 4 nitrogen and oxygen atoms in total. The number of nitrogens with zero attached hydrogens (tertiary/aromatic N) is 2. The SMILES string of the molecule is O=C(O)c1cc(-c2cccs2)n(-c2ccccc2Cl)n1. The van der Waals surface area contributed by atoms with Crippen LogP contribution in [0.5, 0.6) is 0 Å². The molecule has 6 heteroatoms. The van der Waals surface area contributed by atoms with Crippen molar-refractivity contribution < 1.29 is 9.90 Å². The maximum absolute atomic E-state index is 11.1. The number of para-hydroxylation sites is 1. The number of rotatable bonds is 3. The molecule has 3 rings (SSSR count). The quantitative estimate of drug-likeness (QED) is 0.797. The van der Waals surface area contributed by atoms with Crippen LogP contribution in [-0.2, 0) is 0 Å². The van der Waals surface area contributed by atoms with E-state index in [0.717, 1.165) is 4.88 Å². The van der Waals surface area contributed by atoms with Crippen LogP contribution in [0, 0.1) is 0 Å². The summed E-state index contributed by atoms with van der Waals surface area (Å²) in [6, 6.07) is 12.6. The maximum Gasteiger partial charge on any atom is 0.356 e. The Morgan fingerprint density at radius 1 is 1.25 bits per heavy atom. The summed E-state index contributed by atoms with van der Waals surface area (Å²) in [7, 11) is 0. The highest BCUT2D eigenvalue weighted by Crippen LogP contribution is 2.30. The van der Waals surface area contributed by atoms with Gasteiger partial charge in [0, 0.05) is 6.07 Å². The number of hydrogen-bond donors (Lipinski definition) is 1. The van der Waals surface area contributed by atoms with Gasteiger partial charge in [-0.15, -0.1) is 11.3 Å². The molecule has 0 unspecified atom stereocenters. The van der Waals surface area contributed by atoms with Crippen molar-refractivity contribution in [3.63, 3.8) is 0 Å². The molecule has 0 fully saturated rings. The zero-order valence-corrected chi connectivity index (χ0v) is 11.7. The van der Waals surface area contributed by atoms with E-state index in [0.29, 0.717) is 16.4 Å². The van der Waals surface area contributed by atoms with Crippen LogP contribution >= 0.6 is 22.9 Å². The van der Waals surface area contributed by atoms with E-state index in [4.69, 9.17) is 16.7 Å². The predicted molar refractivity (Wildman–Crippen MR) is 78.8 cm³/mol. The van der Waals surface area contributed by atoms with Gasteiger partial charge in [-0.3, -0.25) is 0 Å². The fraction of sp³-hybridized carbons (Fsp3) is 0. The molecular weight excluding hydrogens is 296 g/mol. The first kappa shape index (κ1) is 12.9. The van der Waals surface area contributed by atoms with Crippen LogP contribution in [0.3, 0.4) is 0 Å². The van der Waals surface area contributed by atoms with Crippen molar-refractivity contribution in [2.75, 3.05) is 0 Å². The smallest absolute Gasteiger partial charge is 0.356 e. The Labute approximate surface area is 123 Å². The molecular formula is C14H9ClN2O2S. The van der Waals surface area contributed by atoms with Gasteiger partial charge in [-0.1, -0.05) is 29.8 Å². The second-order valence-electron chi connectivity index (χ2n) is 4.06. The molecule has 0 spiro atoms. The fourth-order valence-electron chi connectivity index (χ4n) is 1.89. The summed E-state index contributed by atoms with van der Waals surface area (Å²) < 4.78 is 1.57. The number of aromatic nitrogens is 2. The van der Waals surface area contributed by atoms with Crippen LogP contribution in [0.1, 0.15) is 10.5 Å². The van der Waals surface area contributed by atoms with Gasteiger partial charge in [-0.25, -0.2) is 9.48 Å². The van der Waals surface area contributed by atoms with Crippen molar-refractivity contribution in [1.82, 2.24) is 9.78 Å². The lowest BCUT2D eigenvalue weighted by Gasteiger charge is -2.07. The van der Waals surface area contributed by atoms with E-state index in [1.807, 2.05) is 29.6 Å². The summed E-state index contributed by atoms with van der Waals surface area (Å²) in [5.74, 6) is -1.06. The van der Waals surface area contributed by atoms with Gasteiger partial charge in [0.25, 0.3) is 0 Å². The minimum absolute atomic E-state index is 0.00619. The van der Waals surface area contributed by atoms with Crippen LogP contribution in [0.25, 0.3) is 16.3 Å². The third kappa shape index (κ3) is 2.21. The van der Waals surface area contributed by atoms with Crippen LogP contribution in [0.15, 0.2) is 47.8 Å². The van der Waals surface area contributed by atoms with E-state index in [2.05, 4.69) is 5.10 Å². The second-order valence-corrected chi connectivity index (χ2v) is 5.42. The summed E-state index contributed by atoms with van der Waals surface area (Å²) in [6.07, 6.45) is 0. The highest BCUT2D eigenvalue weighted by atomic mass is 35.5. The van der Waals surface area contributed by atoms with Gasteiger partial charge in [-0.05, 0) is 23.6 Å². The number of carbonyl (C=O) groups is 1. The Balaban J connectivity index is 2.24. The molecule has 20 heavy (non-hydrogen) atoms. The Morgan fingerprint density at radius 3 is 2.70 bits per heavy atom. The predicted octanol–water partition coefficient (Wildman–Crippen LogP) is 3.95. The molecule has 0 aliphatic heterocycles. The van der Waals surface area contributed by atoms with E-state index in [1.165, 1.54) is 11.3 Å². The molecule has 0 aliphatic carbocycles. The first-order valence-corrected chi connectivity index (χ1v) is 7.05. The first-order valence-electron chi connectivity index (χ1n) is 5.79. The molecule has 0 aliphatic rings. The molecule has 1 aromatic carbocycles. The minimum atomic E-state index is -1.06. The Morgan fingerprint density at radius 2 is 2.05 bits per heavy atom. The number of halogens is 1. The monoisotopic (exact) mass is 304 g/mol. The Bertz CT molecular complexity index is 765. The lowest BCUT2D eigenvalue weighted by molar-refractivity contribution is 0.0690. The largest absolute Gasteiger partial charge is 0.476 e. The zero-order valence-electron chi connectivity index (χ0n) is 10.2. The van der Waals surface area contributed by atoms with Crippen molar-refractivity contribution in [2.24, 2.45) is 0 Å². The summed E-state index contributed by atoms with van der Waals surface area (Å²) in [6.45, 7) is 0. The van der Waals surface area contributed by atoms with Crippen LogP contribution in [0.4, 0.5) is 0 Å². The average Bonchev–Trinajstić information content (AvgIpc) is 3.08. The molecule has 2 heterocycles. The fourth-order valence-corrected chi connectivity index (χ4v) is 2.84. The lowest BCUT2D eigenvalue weighted by atomic mass is 10.3. The normalized spacial score (nSPS) is 10.7. The minimum Gasteiger partial charge on any atom is -0.476 e. The van der Waals surface area contributed by atoms with Crippen molar-refractivity contribution in [3.05, 3.63) is 58.6 Å². The first-order chi connectivity index (χ1) is 9.66. The number of benzene rings is 1. The number of carboxylic acids is 1. The number of hydrogen-bond acceptors (Lipinski definition) is 3. The Hall–Kier alpha value is -2.11. The average molecular weight is 305 g/mol. The molecule has 0 saturated heterocycles. The van der Waals surface area contributed by atoms with Gasteiger partial charge < -0.3 is 5.11 Å². The number of aromatic carboxylic acids is 1. The van der Waals surface area contributed by atoms with Gasteiger partial charge in [0.15, 0.2) is 5.69 Å². The van der Waals surface area contributed by atoms with E-state index in [1.54, 1.807) is 22.9 Å². The van der Waals surface area contributed by atoms with E-state index in [-0.39, 0.29) is 5.69 Å². The summed E-state index contributed by atoms with van der Waals surface area (Å²) in [5.41, 5.74) is 1.36. The number of carboxylic acid groups (broad SMARTS) is 1. The summed E-state index contributed by atoms with van der Waals surface area (Å²) in [4.78, 5) is 12.1. The molecule has 2 aromatic heterocycles. The van der Waals surface area contributed by atoms with Crippen molar-refractivity contribution >= 4 is 28.9 Å². The maximum atomic E-state index is 11.1. The third-order valence-corrected chi connectivity index (χ3v) is 3.99. The zero-order chi connectivity index (χ0) is 14.1. The van der Waals surface area contributed by atoms with Crippen LogP contribution in [-0.4, -0.2) is 20.9 Å². The van der Waals surface area contributed by atoms with Crippen molar-refractivity contribution in [1.29, 1.82) is 0 Å². The van der Waals surface area contributed by atoms with E-state index >= 15 is 0 Å². The van der Waals surface area contributed by atoms with Gasteiger partial charge in [0.05, 0.1) is 21.3 Å². The standard InChI is InChI=1S/C14H9ClN2O2S/c15-9-4-1-2-5-11(9)17-12(13-6-3-7-20-13)8-10(16-17)14(18)19/h1-8H,(H,18,19). The van der Waals surface area contributed by atoms with Gasteiger partial charge >= 0.3 is 5.97 Å². The third-order valence-electron chi connectivity index (χ3n) is 2.78. The second kappa shape index (κ2) is 5.11. The summed E-state index contributed by atoms with van der Waals surface area (Å²) in [5, 5.41) is 15.7. The molecule has 3 aromatic rings. The van der Waals surface area contributed by atoms with Crippen molar-refractivity contribution in [2.45, 2.75) is 0 Å². The topological polar surface area (TPSA) is 55.1 Å². The van der Waals surface area contributed by atoms with Gasteiger partial charge in [0.1, 0.15) is 0 Å². The Kier molecular flexibility index (Phi) is 3.30.